The Balaban J connectivity index is 2.14. The molecule has 15 heavy (non-hydrogen) atoms. The van der Waals surface area contributed by atoms with E-state index in [2.05, 4.69) is 31.3 Å². The van der Waals surface area contributed by atoms with E-state index < -0.39 is 0 Å². The topological polar surface area (TPSA) is 12.0 Å². The average Bonchev–Trinajstić information content (AvgIpc) is 2.66. The maximum atomic E-state index is 6.15. The third-order valence-corrected chi connectivity index (χ3v) is 3.78. The molecule has 1 aliphatic heterocycles. The van der Waals surface area contributed by atoms with Crippen LogP contribution in [0.1, 0.15) is 23.1 Å². The molecule has 2 rings (SSSR count). The minimum absolute atomic E-state index is 0.810. The second-order valence-corrected chi connectivity index (χ2v) is 4.98. The summed E-state index contributed by atoms with van der Waals surface area (Å²) >= 11 is 6.15. The van der Waals surface area contributed by atoms with Crippen LogP contribution in [0.3, 0.4) is 0 Å². The summed E-state index contributed by atoms with van der Waals surface area (Å²) in [5.41, 5.74) is 3.85. The summed E-state index contributed by atoms with van der Waals surface area (Å²) in [6.07, 6.45) is 2.49. The molecule has 1 fully saturated rings. The van der Waals surface area contributed by atoms with Crippen LogP contribution >= 0.6 is 11.6 Å². The van der Waals surface area contributed by atoms with Crippen molar-refractivity contribution in [3.63, 3.8) is 0 Å². The van der Waals surface area contributed by atoms with Gasteiger partial charge in [-0.3, -0.25) is 0 Å². The van der Waals surface area contributed by atoms with Crippen LogP contribution in [0.25, 0.3) is 0 Å². The SMILES string of the molecule is Cc1cc(CC2CCNC2)cc(C)c1Cl. The van der Waals surface area contributed by atoms with E-state index in [-0.39, 0.29) is 0 Å². The summed E-state index contributed by atoms with van der Waals surface area (Å²) < 4.78 is 0. The number of benzene rings is 1. The van der Waals surface area contributed by atoms with E-state index in [9.17, 15) is 0 Å². The van der Waals surface area contributed by atoms with Crippen LogP contribution < -0.4 is 5.32 Å². The van der Waals surface area contributed by atoms with Crippen LogP contribution in [-0.2, 0) is 6.42 Å². The van der Waals surface area contributed by atoms with Gasteiger partial charge in [0.1, 0.15) is 0 Å². The standard InChI is InChI=1S/C13H18ClN/c1-9-5-12(6-10(2)13(9)14)7-11-3-4-15-8-11/h5-6,11,15H,3-4,7-8H2,1-2H3. The fraction of sp³-hybridized carbons (Fsp3) is 0.538. The van der Waals surface area contributed by atoms with Gasteiger partial charge in [0.2, 0.25) is 0 Å². The molecule has 0 bridgehead atoms. The van der Waals surface area contributed by atoms with Crippen molar-refractivity contribution in [1.82, 2.24) is 5.32 Å². The largest absolute Gasteiger partial charge is 0.316 e. The Bertz CT molecular complexity index is 331. The minimum Gasteiger partial charge on any atom is -0.316 e. The van der Waals surface area contributed by atoms with E-state index >= 15 is 0 Å². The summed E-state index contributed by atoms with van der Waals surface area (Å²) in [5.74, 6) is 0.810. The third-order valence-electron chi connectivity index (χ3n) is 3.18. The van der Waals surface area contributed by atoms with Gasteiger partial charge in [0.15, 0.2) is 0 Å². The predicted molar refractivity (Wildman–Crippen MR) is 65.6 cm³/mol. The highest BCUT2D eigenvalue weighted by Gasteiger charge is 2.15. The van der Waals surface area contributed by atoms with E-state index in [1.54, 1.807) is 0 Å². The van der Waals surface area contributed by atoms with Crippen LogP contribution in [0.5, 0.6) is 0 Å². The van der Waals surface area contributed by atoms with Gasteiger partial charge < -0.3 is 5.32 Å². The van der Waals surface area contributed by atoms with Crippen molar-refractivity contribution in [3.05, 3.63) is 33.8 Å². The summed E-state index contributed by atoms with van der Waals surface area (Å²) in [4.78, 5) is 0. The molecule has 0 radical (unpaired) electrons. The lowest BCUT2D eigenvalue weighted by Gasteiger charge is -2.11. The Morgan fingerprint density at radius 2 is 2.00 bits per heavy atom. The number of hydrogen-bond donors (Lipinski definition) is 1. The molecule has 1 heterocycles. The highest BCUT2D eigenvalue weighted by Crippen LogP contribution is 2.24. The number of hydrogen-bond acceptors (Lipinski definition) is 1. The number of rotatable bonds is 2. The van der Waals surface area contributed by atoms with Gasteiger partial charge in [0, 0.05) is 5.02 Å². The van der Waals surface area contributed by atoms with Crippen molar-refractivity contribution in [3.8, 4) is 0 Å². The van der Waals surface area contributed by atoms with Crippen molar-refractivity contribution < 1.29 is 0 Å². The Morgan fingerprint density at radius 3 is 2.53 bits per heavy atom. The van der Waals surface area contributed by atoms with Gasteiger partial charge in [0.25, 0.3) is 0 Å². The van der Waals surface area contributed by atoms with E-state index in [1.165, 1.54) is 42.6 Å². The lowest BCUT2D eigenvalue weighted by atomic mass is 9.96. The van der Waals surface area contributed by atoms with Crippen molar-refractivity contribution in [2.45, 2.75) is 26.7 Å². The first-order valence-corrected chi connectivity index (χ1v) is 6.01. The van der Waals surface area contributed by atoms with Gasteiger partial charge in [-0.25, -0.2) is 0 Å². The monoisotopic (exact) mass is 223 g/mol. The van der Waals surface area contributed by atoms with Crippen LogP contribution in [-0.4, -0.2) is 13.1 Å². The van der Waals surface area contributed by atoms with Gasteiger partial charge in [-0.1, -0.05) is 23.7 Å². The lowest BCUT2D eigenvalue weighted by Crippen LogP contribution is -2.10. The number of aryl methyl sites for hydroxylation is 2. The van der Waals surface area contributed by atoms with Crippen LogP contribution in [0, 0.1) is 19.8 Å². The second kappa shape index (κ2) is 4.54. The van der Waals surface area contributed by atoms with Crippen molar-refractivity contribution >= 4 is 11.6 Å². The van der Waals surface area contributed by atoms with Gasteiger partial charge in [0.05, 0.1) is 0 Å². The Hall–Kier alpha value is -0.530. The Morgan fingerprint density at radius 1 is 1.33 bits per heavy atom. The quantitative estimate of drug-likeness (QED) is 0.813. The lowest BCUT2D eigenvalue weighted by molar-refractivity contribution is 0.580. The highest BCUT2D eigenvalue weighted by molar-refractivity contribution is 6.32. The highest BCUT2D eigenvalue weighted by atomic mass is 35.5. The van der Waals surface area contributed by atoms with Gasteiger partial charge in [-0.2, -0.15) is 0 Å². The summed E-state index contributed by atoms with van der Waals surface area (Å²) in [7, 11) is 0. The maximum Gasteiger partial charge on any atom is 0.0464 e. The fourth-order valence-electron chi connectivity index (χ4n) is 2.38. The van der Waals surface area contributed by atoms with Gasteiger partial charge >= 0.3 is 0 Å². The van der Waals surface area contributed by atoms with Crippen LogP contribution in [0.4, 0.5) is 0 Å². The van der Waals surface area contributed by atoms with Gasteiger partial charge in [-0.15, -0.1) is 0 Å². The molecular weight excluding hydrogens is 206 g/mol. The molecular formula is C13H18ClN. The van der Waals surface area contributed by atoms with Crippen LogP contribution in [0.2, 0.25) is 5.02 Å². The van der Waals surface area contributed by atoms with Crippen molar-refractivity contribution in [2.24, 2.45) is 5.92 Å². The molecule has 1 nitrogen and oxygen atoms in total. The van der Waals surface area contributed by atoms with Crippen molar-refractivity contribution in [1.29, 1.82) is 0 Å². The number of halogens is 1. The normalized spacial score (nSPS) is 20.9. The molecule has 1 aromatic rings. The molecule has 1 atom stereocenters. The Labute approximate surface area is 96.8 Å². The summed E-state index contributed by atoms with van der Waals surface area (Å²) in [6.45, 7) is 6.52. The molecule has 1 unspecified atom stereocenters. The number of nitrogens with one attached hydrogen (secondary N) is 1. The molecule has 0 spiro atoms. The zero-order valence-electron chi connectivity index (χ0n) is 9.44. The van der Waals surface area contributed by atoms with Gasteiger partial charge in [-0.05, 0) is 62.4 Å². The molecule has 1 N–H and O–H groups in total. The summed E-state index contributed by atoms with van der Waals surface area (Å²) in [5, 5.41) is 4.33. The predicted octanol–water partition coefficient (Wildman–Crippen LogP) is 3.11. The smallest absolute Gasteiger partial charge is 0.0464 e. The molecule has 0 aliphatic carbocycles. The second-order valence-electron chi connectivity index (χ2n) is 4.61. The molecule has 0 aromatic heterocycles. The molecule has 0 amide bonds. The van der Waals surface area contributed by atoms with Crippen LogP contribution in [0.15, 0.2) is 12.1 Å². The van der Waals surface area contributed by atoms with E-state index in [4.69, 9.17) is 11.6 Å². The van der Waals surface area contributed by atoms with E-state index in [1.807, 2.05) is 0 Å². The third kappa shape index (κ3) is 2.53. The first kappa shape index (κ1) is 11.0. The molecule has 1 aliphatic rings. The summed E-state index contributed by atoms with van der Waals surface area (Å²) in [6, 6.07) is 4.46. The molecule has 2 heteroatoms. The Kier molecular flexibility index (Phi) is 3.32. The average molecular weight is 224 g/mol. The fourth-order valence-corrected chi connectivity index (χ4v) is 2.48. The zero-order valence-corrected chi connectivity index (χ0v) is 10.2. The minimum atomic E-state index is 0.810. The molecule has 1 aromatic carbocycles. The molecule has 1 saturated heterocycles. The molecule has 0 saturated carbocycles. The molecule has 82 valence electrons. The van der Waals surface area contributed by atoms with E-state index in [0.29, 0.717) is 0 Å². The zero-order chi connectivity index (χ0) is 10.8. The van der Waals surface area contributed by atoms with Crippen molar-refractivity contribution in [2.75, 3.05) is 13.1 Å². The first-order valence-electron chi connectivity index (χ1n) is 5.63. The van der Waals surface area contributed by atoms with E-state index in [0.717, 1.165) is 10.9 Å². The maximum absolute atomic E-state index is 6.15. The first-order chi connectivity index (χ1) is 7.16.